The van der Waals surface area contributed by atoms with E-state index in [1.807, 2.05) is 19.1 Å². The van der Waals surface area contributed by atoms with Crippen LogP contribution >= 0.6 is 0 Å². The van der Waals surface area contributed by atoms with Crippen molar-refractivity contribution in [1.29, 1.82) is 0 Å². The van der Waals surface area contributed by atoms with E-state index in [1.54, 1.807) is 10.8 Å². The number of allylic oxidation sites excluding steroid dienone is 2. The fourth-order valence-corrected chi connectivity index (χ4v) is 7.42. The Bertz CT molecular complexity index is 1490. The molecule has 4 rings (SSSR count). The minimum atomic E-state index is -4.73. The van der Waals surface area contributed by atoms with E-state index in [1.165, 1.54) is 18.6 Å². The van der Waals surface area contributed by atoms with Gasteiger partial charge in [-0.05, 0) is 71.9 Å². The zero-order chi connectivity index (χ0) is 32.1. The number of halogens is 5. The van der Waals surface area contributed by atoms with Gasteiger partial charge in [0.25, 0.3) is 0 Å². The second-order valence-electron chi connectivity index (χ2n) is 11.7. The largest absolute Gasteiger partial charge is 0.404 e. The normalized spacial score (nSPS) is 20.6. The summed E-state index contributed by atoms with van der Waals surface area (Å²) in [6.45, 7) is 1.82. The van der Waals surface area contributed by atoms with Gasteiger partial charge in [0.05, 0.1) is 12.3 Å². The van der Waals surface area contributed by atoms with Crippen molar-refractivity contribution in [2.24, 2.45) is 11.8 Å². The quantitative estimate of drug-likeness (QED) is 0.221. The van der Waals surface area contributed by atoms with E-state index < -0.39 is 28.9 Å². The minimum absolute atomic E-state index is 0.0628. The molecule has 2 aromatic rings. The number of unbranched alkanes of at least 4 members (excludes halogenated alkanes) is 1. The van der Waals surface area contributed by atoms with Gasteiger partial charge in [0.2, 0.25) is 10.0 Å². The molecule has 11 heteroatoms. The van der Waals surface area contributed by atoms with Crippen molar-refractivity contribution in [3.63, 3.8) is 0 Å². The molecule has 0 spiro atoms. The van der Waals surface area contributed by atoms with Crippen LogP contribution in [0.5, 0.6) is 0 Å². The Kier molecular flexibility index (Phi) is 11.2. The number of ether oxygens (including phenoxy) is 1. The van der Waals surface area contributed by atoms with Crippen LogP contribution < -0.4 is 4.72 Å². The lowest BCUT2D eigenvalue weighted by Crippen LogP contribution is -2.42. The molecule has 0 amide bonds. The first-order valence-corrected chi connectivity index (χ1v) is 16.6. The number of benzene rings is 1. The van der Waals surface area contributed by atoms with Gasteiger partial charge in [-0.3, -0.25) is 4.98 Å². The van der Waals surface area contributed by atoms with E-state index in [4.69, 9.17) is 0 Å². The summed E-state index contributed by atoms with van der Waals surface area (Å²) in [5.74, 6) is 7.25. The van der Waals surface area contributed by atoms with Crippen molar-refractivity contribution in [2.75, 3.05) is 0 Å². The summed E-state index contributed by atoms with van der Waals surface area (Å²) in [4.78, 5) is 4.10. The maximum absolute atomic E-state index is 13.1. The molecular weight excluding hydrogens is 599 g/mol. The molecule has 1 heterocycles. The summed E-state index contributed by atoms with van der Waals surface area (Å²) < 4.78 is 96.6. The fourth-order valence-electron chi connectivity index (χ4n) is 6.25. The molecule has 1 aromatic heterocycles. The van der Waals surface area contributed by atoms with Crippen LogP contribution in [0.3, 0.4) is 0 Å². The van der Waals surface area contributed by atoms with Crippen LogP contribution in [0.2, 0.25) is 0 Å². The molecule has 3 atom stereocenters. The molecule has 0 saturated heterocycles. The molecule has 2 aliphatic rings. The highest BCUT2D eigenvalue weighted by molar-refractivity contribution is 7.89. The Morgan fingerprint density at radius 3 is 2.45 bits per heavy atom. The van der Waals surface area contributed by atoms with E-state index in [2.05, 4.69) is 28.5 Å². The van der Waals surface area contributed by atoms with Crippen LogP contribution in [0.25, 0.3) is 11.1 Å². The summed E-state index contributed by atoms with van der Waals surface area (Å²) in [6, 6.07) is 6.11. The lowest BCUT2D eigenvalue weighted by molar-refractivity contribution is -0.147. The number of hydrogen-bond donors (Lipinski definition) is 1. The monoisotopic (exact) mass is 638 g/mol. The van der Waals surface area contributed by atoms with Crippen LogP contribution in [-0.4, -0.2) is 32.2 Å². The van der Waals surface area contributed by atoms with Crippen molar-refractivity contribution in [3.8, 4) is 11.8 Å². The SMILES string of the molecule is CCCC#CC1=C(c2ccc(S(=O)(=O)N[C@H](C)C(F)(F)F)cn2)CC(C2CCCCC2)C(C)c2cc(COC(F)F)ccc21. The van der Waals surface area contributed by atoms with Crippen molar-refractivity contribution >= 4 is 21.2 Å². The summed E-state index contributed by atoms with van der Waals surface area (Å²) in [7, 11) is -4.47. The Morgan fingerprint density at radius 2 is 1.84 bits per heavy atom. The number of nitrogens with one attached hydrogen (secondary N) is 1. The molecule has 2 unspecified atom stereocenters. The zero-order valence-corrected chi connectivity index (χ0v) is 26.0. The predicted molar refractivity (Wildman–Crippen MR) is 160 cm³/mol. The standard InChI is InChI=1S/C33H39F5N2O3S/c1-4-5-7-12-26-27-15-13-23(20-43-32(34)35)17-29(27)21(2)28(24-10-8-6-9-11-24)18-30(26)31-16-14-25(19-39-31)44(41,42)40-22(3)33(36,37)38/h13-17,19,21-22,24,28,32,40H,4-6,8-11,18,20H2,1-3H3/t21?,22-,28?/m1/s1. The van der Waals surface area contributed by atoms with Gasteiger partial charge in [0, 0.05) is 18.2 Å². The smallest absolute Gasteiger partial charge is 0.318 e. The van der Waals surface area contributed by atoms with Crippen LogP contribution in [0.15, 0.2) is 41.4 Å². The number of alkyl halides is 5. The summed E-state index contributed by atoms with van der Waals surface area (Å²) in [5, 5.41) is 0. The number of fused-ring (bicyclic) bond motifs is 1. The summed E-state index contributed by atoms with van der Waals surface area (Å²) in [5.41, 5.74) is 4.58. The summed E-state index contributed by atoms with van der Waals surface area (Å²) in [6.07, 6.45) is 4.02. The average molecular weight is 639 g/mol. The highest BCUT2D eigenvalue weighted by Crippen LogP contribution is 2.49. The van der Waals surface area contributed by atoms with Gasteiger partial charge in [0.1, 0.15) is 10.9 Å². The number of aromatic nitrogens is 1. The molecule has 1 aromatic carbocycles. The fraction of sp³-hybridized carbons (Fsp3) is 0.545. The molecule has 2 aliphatic carbocycles. The van der Waals surface area contributed by atoms with Crippen molar-refractivity contribution in [1.82, 2.24) is 9.71 Å². The summed E-state index contributed by atoms with van der Waals surface area (Å²) >= 11 is 0. The van der Waals surface area contributed by atoms with Gasteiger partial charge in [-0.1, -0.05) is 76.0 Å². The highest BCUT2D eigenvalue weighted by Gasteiger charge is 2.39. The average Bonchev–Trinajstić information content (AvgIpc) is 3.10. The zero-order valence-electron chi connectivity index (χ0n) is 25.2. The number of rotatable bonds is 9. The third kappa shape index (κ3) is 8.26. The third-order valence-electron chi connectivity index (χ3n) is 8.66. The molecule has 0 aliphatic heterocycles. The van der Waals surface area contributed by atoms with E-state index in [0.717, 1.165) is 67.5 Å². The lowest BCUT2D eigenvalue weighted by Gasteiger charge is -2.34. The second kappa shape index (κ2) is 14.5. The number of nitrogens with zero attached hydrogens (tertiary/aromatic N) is 1. The third-order valence-corrected chi connectivity index (χ3v) is 10.2. The Morgan fingerprint density at radius 1 is 1.11 bits per heavy atom. The first-order valence-electron chi connectivity index (χ1n) is 15.1. The first kappa shape index (κ1) is 34.1. The van der Waals surface area contributed by atoms with Crippen molar-refractivity contribution in [2.45, 2.75) is 108 Å². The van der Waals surface area contributed by atoms with Gasteiger partial charge in [-0.25, -0.2) is 8.42 Å². The Labute approximate surface area is 256 Å². The topological polar surface area (TPSA) is 68.3 Å². The molecular formula is C33H39F5N2O3S. The van der Waals surface area contributed by atoms with E-state index in [-0.39, 0.29) is 23.3 Å². The van der Waals surface area contributed by atoms with Gasteiger partial charge in [-0.2, -0.15) is 26.7 Å². The van der Waals surface area contributed by atoms with Crippen LogP contribution in [0.4, 0.5) is 22.0 Å². The molecule has 0 bridgehead atoms. The number of pyridine rings is 1. The van der Waals surface area contributed by atoms with Crippen LogP contribution in [-0.2, 0) is 21.4 Å². The first-order chi connectivity index (χ1) is 20.8. The Balaban J connectivity index is 1.84. The molecule has 1 saturated carbocycles. The molecule has 5 nitrogen and oxygen atoms in total. The number of hydrogen-bond acceptors (Lipinski definition) is 4. The van der Waals surface area contributed by atoms with Crippen molar-refractivity contribution < 1.29 is 35.1 Å². The van der Waals surface area contributed by atoms with Gasteiger partial charge >= 0.3 is 12.8 Å². The van der Waals surface area contributed by atoms with Gasteiger partial charge < -0.3 is 4.74 Å². The predicted octanol–water partition coefficient (Wildman–Crippen LogP) is 8.47. The highest BCUT2D eigenvalue weighted by atomic mass is 32.2. The maximum atomic E-state index is 13.1. The van der Waals surface area contributed by atoms with E-state index in [0.29, 0.717) is 30.0 Å². The molecule has 1 fully saturated rings. The molecule has 44 heavy (non-hydrogen) atoms. The minimum Gasteiger partial charge on any atom is -0.318 e. The van der Waals surface area contributed by atoms with Crippen molar-refractivity contribution in [3.05, 3.63) is 58.9 Å². The molecule has 1 N–H and O–H groups in total. The van der Waals surface area contributed by atoms with E-state index in [9.17, 15) is 30.4 Å². The number of sulfonamides is 1. The van der Waals surface area contributed by atoms with Gasteiger partial charge in [-0.15, -0.1) is 0 Å². The Hall–Kier alpha value is -2.81. The van der Waals surface area contributed by atoms with E-state index >= 15 is 0 Å². The van der Waals surface area contributed by atoms with Crippen LogP contribution in [0, 0.1) is 23.7 Å². The van der Waals surface area contributed by atoms with Crippen LogP contribution in [0.1, 0.15) is 100 Å². The molecule has 240 valence electrons. The molecule has 0 radical (unpaired) electrons. The second-order valence-corrected chi connectivity index (χ2v) is 13.4. The maximum Gasteiger partial charge on any atom is 0.404 e. The van der Waals surface area contributed by atoms with Gasteiger partial charge in [0.15, 0.2) is 0 Å². The lowest BCUT2D eigenvalue weighted by atomic mass is 9.70.